The Labute approximate surface area is 220 Å². The third kappa shape index (κ3) is 8.82. The number of benzene rings is 2. The first-order valence-electron chi connectivity index (χ1n) is 12.3. The van der Waals surface area contributed by atoms with Crippen molar-refractivity contribution in [1.82, 2.24) is 10.2 Å². The maximum atomic E-state index is 13.4. The number of carbonyl (C=O) groups excluding carboxylic acids is 2. The van der Waals surface area contributed by atoms with Gasteiger partial charge in [0.15, 0.2) is 0 Å². The fourth-order valence-corrected chi connectivity index (χ4v) is 4.95. The molecule has 36 heavy (non-hydrogen) atoms. The SMILES string of the molecule is CCC(C)NC(=O)C(CC)N(Cc1ccc(C)cc1)C(=O)CCCN(c1ccc(Cl)cc1)S(C)(=O)=O. The Morgan fingerprint density at radius 2 is 1.61 bits per heavy atom. The molecule has 0 spiro atoms. The summed E-state index contributed by atoms with van der Waals surface area (Å²) in [5.41, 5.74) is 2.54. The summed E-state index contributed by atoms with van der Waals surface area (Å²) in [6.45, 7) is 8.26. The number of hydrogen-bond donors (Lipinski definition) is 1. The van der Waals surface area contributed by atoms with Gasteiger partial charge in [0.2, 0.25) is 21.8 Å². The second-order valence-corrected chi connectivity index (χ2v) is 11.5. The van der Waals surface area contributed by atoms with Gasteiger partial charge in [-0.05, 0) is 62.9 Å². The summed E-state index contributed by atoms with van der Waals surface area (Å²) in [6.07, 6.45) is 2.82. The van der Waals surface area contributed by atoms with E-state index in [2.05, 4.69) is 5.32 Å². The van der Waals surface area contributed by atoms with E-state index < -0.39 is 16.1 Å². The van der Waals surface area contributed by atoms with Gasteiger partial charge in [-0.2, -0.15) is 0 Å². The molecule has 0 aliphatic rings. The highest BCUT2D eigenvalue weighted by atomic mass is 35.5. The van der Waals surface area contributed by atoms with E-state index in [9.17, 15) is 18.0 Å². The van der Waals surface area contributed by atoms with Gasteiger partial charge in [0.25, 0.3) is 0 Å². The van der Waals surface area contributed by atoms with Gasteiger partial charge in [0.05, 0.1) is 11.9 Å². The topological polar surface area (TPSA) is 86.8 Å². The molecule has 0 saturated heterocycles. The zero-order valence-electron chi connectivity index (χ0n) is 21.8. The highest BCUT2D eigenvalue weighted by Gasteiger charge is 2.29. The minimum absolute atomic E-state index is 0.00516. The van der Waals surface area contributed by atoms with E-state index in [-0.39, 0.29) is 30.8 Å². The highest BCUT2D eigenvalue weighted by molar-refractivity contribution is 7.92. The third-order valence-electron chi connectivity index (χ3n) is 6.13. The number of hydrogen-bond acceptors (Lipinski definition) is 4. The van der Waals surface area contributed by atoms with E-state index in [1.807, 2.05) is 52.0 Å². The number of sulfonamides is 1. The fraction of sp³-hybridized carbons (Fsp3) is 0.481. The molecule has 0 heterocycles. The van der Waals surface area contributed by atoms with Crippen molar-refractivity contribution < 1.29 is 18.0 Å². The summed E-state index contributed by atoms with van der Waals surface area (Å²) in [7, 11) is -3.55. The van der Waals surface area contributed by atoms with E-state index >= 15 is 0 Å². The molecule has 0 aromatic heterocycles. The Hall–Kier alpha value is -2.58. The van der Waals surface area contributed by atoms with Crippen LogP contribution in [0.25, 0.3) is 0 Å². The summed E-state index contributed by atoms with van der Waals surface area (Å²) in [5.74, 6) is -0.363. The zero-order chi connectivity index (χ0) is 26.9. The van der Waals surface area contributed by atoms with Crippen molar-refractivity contribution in [2.75, 3.05) is 17.1 Å². The van der Waals surface area contributed by atoms with Gasteiger partial charge in [0.1, 0.15) is 6.04 Å². The van der Waals surface area contributed by atoms with Crippen molar-refractivity contribution in [3.8, 4) is 0 Å². The predicted molar refractivity (Wildman–Crippen MR) is 147 cm³/mol. The van der Waals surface area contributed by atoms with Crippen molar-refractivity contribution in [2.45, 2.75) is 72.0 Å². The lowest BCUT2D eigenvalue weighted by Crippen LogP contribution is -2.50. The molecular formula is C27H38ClN3O4S. The Morgan fingerprint density at radius 1 is 1.00 bits per heavy atom. The van der Waals surface area contributed by atoms with Crippen LogP contribution in [0.5, 0.6) is 0 Å². The van der Waals surface area contributed by atoms with Crippen LogP contribution < -0.4 is 9.62 Å². The molecule has 7 nitrogen and oxygen atoms in total. The standard InChI is InChI=1S/C27H38ClN3O4S/c1-6-21(4)29-27(33)25(7-2)30(19-22-12-10-20(3)11-13-22)26(32)9-8-18-31(36(5,34)35)24-16-14-23(28)15-17-24/h10-17,21,25H,6-9,18-19H2,1-5H3,(H,29,33). The van der Waals surface area contributed by atoms with Crippen LogP contribution in [0.4, 0.5) is 5.69 Å². The smallest absolute Gasteiger partial charge is 0.243 e. The molecule has 0 aliphatic heterocycles. The minimum atomic E-state index is -3.55. The van der Waals surface area contributed by atoms with Crippen LogP contribution in [0.3, 0.4) is 0 Å². The second kappa shape index (κ2) is 13.7. The Balaban J connectivity index is 2.21. The van der Waals surface area contributed by atoms with Gasteiger partial charge in [-0.15, -0.1) is 0 Å². The molecule has 0 fully saturated rings. The molecule has 0 radical (unpaired) electrons. The van der Waals surface area contributed by atoms with Crippen LogP contribution in [0.2, 0.25) is 5.02 Å². The van der Waals surface area contributed by atoms with Crippen LogP contribution >= 0.6 is 11.6 Å². The number of amides is 2. The molecule has 0 aliphatic carbocycles. The molecule has 0 saturated carbocycles. The van der Waals surface area contributed by atoms with Crippen LogP contribution in [0.1, 0.15) is 57.6 Å². The van der Waals surface area contributed by atoms with Crippen molar-refractivity contribution in [3.05, 3.63) is 64.7 Å². The maximum Gasteiger partial charge on any atom is 0.243 e. The number of nitrogens with one attached hydrogen (secondary N) is 1. The maximum absolute atomic E-state index is 13.4. The molecular weight excluding hydrogens is 498 g/mol. The number of carbonyl (C=O) groups is 2. The molecule has 1 N–H and O–H groups in total. The second-order valence-electron chi connectivity index (χ2n) is 9.16. The molecule has 2 atom stereocenters. The first-order valence-corrected chi connectivity index (χ1v) is 14.6. The van der Waals surface area contributed by atoms with Gasteiger partial charge >= 0.3 is 0 Å². The first kappa shape index (κ1) is 29.6. The average molecular weight is 536 g/mol. The Bertz CT molecular complexity index is 1100. The third-order valence-corrected chi connectivity index (χ3v) is 7.57. The molecule has 198 valence electrons. The van der Waals surface area contributed by atoms with Crippen molar-refractivity contribution in [1.29, 1.82) is 0 Å². The van der Waals surface area contributed by atoms with Crippen molar-refractivity contribution >= 4 is 39.1 Å². The molecule has 0 bridgehead atoms. The van der Waals surface area contributed by atoms with Crippen molar-refractivity contribution in [2.24, 2.45) is 0 Å². The van der Waals surface area contributed by atoms with E-state index in [1.54, 1.807) is 29.2 Å². The molecule has 9 heteroatoms. The Morgan fingerprint density at radius 3 is 2.14 bits per heavy atom. The monoisotopic (exact) mass is 535 g/mol. The van der Waals surface area contributed by atoms with Gasteiger partial charge < -0.3 is 10.2 Å². The van der Waals surface area contributed by atoms with Gasteiger partial charge in [-0.25, -0.2) is 8.42 Å². The van der Waals surface area contributed by atoms with Crippen LogP contribution in [-0.4, -0.2) is 50.0 Å². The Kier molecular flexibility index (Phi) is 11.2. The summed E-state index contributed by atoms with van der Waals surface area (Å²) >= 11 is 5.95. The van der Waals surface area contributed by atoms with E-state index in [4.69, 9.17) is 11.6 Å². The van der Waals surface area contributed by atoms with E-state index in [0.29, 0.717) is 30.1 Å². The lowest BCUT2D eigenvalue weighted by atomic mass is 10.1. The molecule has 2 unspecified atom stereocenters. The fourth-order valence-electron chi connectivity index (χ4n) is 3.86. The number of anilines is 1. The summed E-state index contributed by atoms with van der Waals surface area (Å²) < 4.78 is 26.1. The first-order chi connectivity index (χ1) is 17.0. The largest absolute Gasteiger partial charge is 0.352 e. The highest BCUT2D eigenvalue weighted by Crippen LogP contribution is 2.22. The average Bonchev–Trinajstić information content (AvgIpc) is 2.82. The van der Waals surface area contributed by atoms with E-state index in [0.717, 1.165) is 23.8 Å². The summed E-state index contributed by atoms with van der Waals surface area (Å²) in [5, 5.41) is 3.51. The molecule has 2 amide bonds. The lowest BCUT2D eigenvalue weighted by molar-refractivity contribution is -0.141. The number of halogens is 1. The van der Waals surface area contributed by atoms with Crippen molar-refractivity contribution in [3.63, 3.8) is 0 Å². The summed E-state index contributed by atoms with van der Waals surface area (Å²) in [4.78, 5) is 28.1. The van der Waals surface area contributed by atoms with Gasteiger partial charge in [-0.1, -0.05) is 55.3 Å². The number of nitrogens with zero attached hydrogens (tertiary/aromatic N) is 2. The van der Waals surface area contributed by atoms with E-state index in [1.165, 1.54) is 4.31 Å². The number of aryl methyl sites for hydroxylation is 1. The number of rotatable bonds is 13. The zero-order valence-corrected chi connectivity index (χ0v) is 23.4. The van der Waals surface area contributed by atoms with Crippen LogP contribution in [0, 0.1) is 6.92 Å². The quantitative estimate of drug-likeness (QED) is 0.394. The van der Waals surface area contributed by atoms with Gasteiger partial charge in [-0.3, -0.25) is 13.9 Å². The predicted octanol–water partition coefficient (Wildman–Crippen LogP) is 4.92. The molecule has 2 rings (SSSR count). The van der Waals surface area contributed by atoms with Crippen LogP contribution in [0.15, 0.2) is 48.5 Å². The van der Waals surface area contributed by atoms with Gasteiger partial charge in [0, 0.05) is 30.6 Å². The normalized spacial score (nSPS) is 13.1. The minimum Gasteiger partial charge on any atom is -0.352 e. The van der Waals surface area contributed by atoms with Crippen LogP contribution in [-0.2, 0) is 26.2 Å². The summed E-state index contributed by atoms with van der Waals surface area (Å²) in [6, 6.07) is 13.8. The molecule has 2 aromatic carbocycles. The molecule has 2 aromatic rings. The lowest BCUT2D eigenvalue weighted by Gasteiger charge is -2.32.